The van der Waals surface area contributed by atoms with Gasteiger partial charge in [0.1, 0.15) is 0 Å². The van der Waals surface area contributed by atoms with Gasteiger partial charge in [-0.05, 0) is 6.92 Å². The Morgan fingerprint density at radius 1 is 1.50 bits per heavy atom. The Labute approximate surface area is 74.4 Å². The molecule has 12 heavy (non-hydrogen) atoms. The van der Waals surface area contributed by atoms with Gasteiger partial charge in [0.05, 0.1) is 13.0 Å². The van der Waals surface area contributed by atoms with Gasteiger partial charge in [-0.15, -0.1) is 0 Å². The molecule has 0 aliphatic rings. The third kappa shape index (κ3) is 7.68. The number of carbonyl (C=O) groups is 1. The van der Waals surface area contributed by atoms with Crippen LogP contribution in [-0.2, 0) is 20.3 Å². The molecule has 0 saturated heterocycles. The molecule has 0 aromatic carbocycles. The fourth-order valence-electron chi connectivity index (χ4n) is 0.599. The lowest BCUT2D eigenvalue weighted by Crippen LogP contribution is -2.11. The number of hydrogen-bond donors (Lipinski definition) is 1. The molecule has 1 N–H and O–H groups in total. The van der Waals surface area contributed by atoms with Crippen LogP contribution in [0, 0.1) is 0 Å². The summed E-state index contributed by atoms with van der Waals surface area (Å²) in [7, 11) is -1.05. The van der Waals surface area contributed by atoms with Crippen LogP contribution in [0.15, 0.2) is 0 Å². The van der Waals surface area contributed by atoms with Crippen molar-refractivity contribution < 1.29 is 18.8 Å². The van der Waals surface area contributed by atoms with Crippen LogP contribution in [-0.4, -0.2) is 40.0 Å². The maximum absolute atomic E-state index is 11.0. The molecule has 1 atom stereocenters. The van der Waals surface area contributed by atoms with Gasteiger partial charge in [-0.1, -0.05) is 0 Å². The molecular formula is C7H14O4S. The molecule has 1 unspecified atom stereocenters. The fraction of sp³-hybridized carbons (Fsp3) is 0.857. The molecule has 0 aromatic heterocycles. The quantitative estimate of drug-likeness (QED) is 0.590. The first-order valence-corrected chi connectivity index (χ1v) is 5.30. The fourth-order valence-corrected chi connectivity index (χ4v) is 1.51. The molecule has 0 saturated carbocycles. The normalized spacial score (nSPS) is 12.8. The van der Waals surface area contributed by atoms with E-state index in [0.717, 1.165) is 0 Å². The van der Waals surface area contributed by atoms with Gasteiger partial charge in [0.25, 0.3) is 0 Å². The van der Waals surface area contributed by atoms with Crippen LogP contribution in [0.4, 0.5) is 0 Å². The lowest BCUT2D eigenvalue weighted by Gasteiger charge is -2.00. The molecule has 0 bridgehead atoms. The molecule has 4 nitrogen and oxygen atoms in total. The lowest BCUT2D eigenvalue weighted by atomic mass is 10.5. The molecule has 72 valence electrons. The zero-order valence-electron chi connectivity index (χ0n) is 7.12. The van der Waals surface area contributed by atoms with E-state index in [4.69, 9.17) is 9.84 Å². The van der Waals surface area contributed by atoms with E-state index >= 15 is 0 Å². The molecule has 0 heterocycles. The summed E-state index contributed by atoms with van der Waals surface area (Å²) in [5, 5.41) is 8.27. The second kappa shape index (κ2) is 7.24. The Balaban J connectivity index is 3.28. The van der Waals surface area contributed by atoms with E-state index in [1.165, 1.54) is 0 Å². The standard InChI is InChI=1S/C7H14O4S/c1-2-11-4-6-12(10)5-3-7(8)9/h2-6H2,1H3,(H,8,9). The Morgan fingerprint density at radius 3 is 2.67 bits per heavy atom. The molecular weight excluding hydrogens is 180 g/mol. The zero-order valence-corrected chi connectivity index (χ0v) is 7.93. The summed E-state index contributed by atoms with van der Waals surface area (Å²) in [6.45, 7) is 2.92. The molecule has 0 aliphatic carbocycles. The SMILES string of the molecule is CCOCCS(=O)CCC(=O)O. The van der Waals surface area contributed by atoms with Crippen LogP contribution in [0.1, 0.15) is 13.3 Å². The van der Waals surface area contributed by atoms with Crippen molar-refractivity contribution in [1.29, 1.82) is 0 Å². The lowest BCUT2D eigenvalue weighted by molar-refractivity contribution is -0.136. The molecule has 0 amide bonds. The topological polar surface area (TPSA) is 63.6 Å². The van der Waals surface area contributed by atoms with Crippen LogP contribution in [0.2, 0.25) is 0 Å². The van der Waals surface area contributed by atoms with E-state index < -0.39 is 16.8 Å². The van der Waals surface area contributed by atoms with Gasteiger partial charge in [-0.3, -0.25) is 9.00 Å². The maximum Gasteiger partial charge on any atom is 0.304 e. The van der Waals surface area contributed by atoms with Crippen molar-refractivity contribution in [2.75, 3.05) is 24.7 Å². The molecule has 0 fully saturated rings. The largest absolute Gasteiger partial charge is 0.481 e. The Hall–Kier alpha value is -0.420. The van der Waals surface area contributed by atoms with E-state index in [1.807, 2.05) is 6.92 Å². The second-order valence-corrected chi connectivity index (χ2v) is 3.88. The predicted molar refractivity (Wildman–Crippen MR) is 46.6 cm³/mol. The number of carboxylic acids is 1. The summed E-state index contributed by atoms with van der Waals surface area (Å²) in [4.78, 5) is 10.1. The van der Waals surface area contributed by atoms with E-state index in [-0.39, 0.29) is 12.2 Å². The predicted octanol–water partition coefficient (Wildman–Crippen LogP) is 0.246. The molecule has 0 rings (SSSR count). The van der Waals surface area contributed by atoms with Crippen LogP contribution >= 0.6 is 0 Å². The number of rotatable bonds is 7. The highest BCUT2D eigenvalue weighted by Gasteiger charge is 2.02. The average Bonchev–Trinajstić information content (AvgIpc) is 2.01. The number of aliphatic carboxylic acids is 1. The monoisotopic (exact) mass is 194 g/mol. The van der Waals surface area contributed by atoms with E-state index in [0.29, 0.717) is 19.0 Å². The molecule has 0 aliphatic heterocycles. The maximum atomic E-state index is 11.0. The van der Waals surface area contributed by atoms with Crippen molar-refractivity contribution in [3.05, 3.63) is 0 Å². The van der Waals surface area contributed by atoms with Gasteiger partial charge < -0.3 is 9.84 Å². The average molecular weight is 194 g/mol. The van der Waals surface area contributed by atoms with E-state index in [2.05, 4.69) is 0 Å². The number of hydrogen-bond acceptors (Lipinski definition) is 3. The van der Waals surface area contributed by atoms with Gasteiger partial charge in [0.15, 0.2) is 0 Å². The first-order chi connectivity index (χ1) is 5.66. The van der Waals surface area contributed by atoms with Gasteiger partial charge in [0, 0.05) is 28.9 Å². The highest BCUT2D eigenvalue weighted by Crippen LogP contribution is 1.88. The minimum atomic E-state index is -1.05. The summed E-state index contributed by atoms with van der Waals surface area (Å²) in [5.74, 6) is -0.247. The van der Waals surface area contributed by atoms with Crippen LogP contribution in [0.5, 0.6) is 0 Å². The number of ether oxygens (including phenoxy) is 1. The van der Waals surface area contributed by atoms with Crippen LogP contribution < -0.4 is 0 Å². The number of carboxylic acid groups (broad SMARTS) is 1. The highest BCUT2D eigenvalue weighted by atomic mass is 32.2. The third-order valence-corrected chi connectivity index (χ3v) is 2.48. The molecule has 0 radical (unpaired) electrons. The van der Waals surface area contributed by atoms with Crippen LogP contribution in [0.3, 0.4) is 0 Å². The molecule has 0 spiro atoms. The van der Waals surface area contributed by atoms with Crippen molar-refractivity contribution in [1.82, 2.24) is 0 Å². The first kappa shape index (κ1) is 11.6. The van der Waals surface area contributed by atoms with Crippen molar-refractivity contribution in [2.45, 2.75) is 13.3 Å². The van der Waals surface area contributed by atoms with E-state index in [1.54, 1.807) is 0 Å². The van der Waals surface area contributed by atoms with Crippen molar-refractivity contribution in [3.8, 4) is 0 Å². The van der Waals surface area contributed by atoms with Gasteiger partial charge in [-0.25, -0.2) is 0 Å². The Bertz CT molecular complexity index is 157. The highest BCUT2D eigenvalue weighted by molar-refractivity contribution is 7.85. The molecule has 5 heteroatoms. The van der Waals surface area contributed by atoms with Crippen molar-refractivity contribution >= 4 is 16.8 Å². The smallest absolute Gasteiger partial charge is 0.304 e. The minimum Gasteiger partial charge on any atom is -0.481 e. The summed E-state index contributed by atoms with van der Waals surface area (Å²) >= 11 is 0. The summed E-state index contributed by atoms with van der Waals surface area (Å²) < 4.78 is 16.0. The first-order valence-electron chi connectivity index (χ1n) is 3.81. The Morgan fingerprint density at radius 2 is 2.17 bits per heavy atom. The van der Waals surface area contributed by atoms with Crippen molar-refractivity contribution in [2.24, 2.45) is 0 Å². The summed E-state index contributed by atoms with van der Waals surface area (Å²) in [6.07, 6.45) is -0.0290. The zero-order chi connectivity index (χ0) is 9.40. The summed E-state index contributed by atoms with van der Waals surface area (Å²) in [5.41, 5.74) is 0. The minimum absolute atomic E-state index is 0.0290. The van der Waals surface area contributed by atoms with E-state index in [9.17, 15) is 9.00 Å². The second-order valence-electron chi connectivity index (χ2n) is 2.19. The Kier molecular flexibility index (Phi) is 6.99. The van der Waals surface area contributed by atoms with Crippen molar-refractivity contribution in [3.63, 3.8) is 0 Å². The van der Waals surface area contributed by atoms with Gasteiger partial charge >= 0.3 is 5.97 Å². The van der Waals surface area contributed by atoms with Crippen LogP contribution in [0.25, 0.3) is 0 Å². The molecule has 0 aromatic rings. The van der Waals surface area contributed by atoms with Gasteiger partial charge in [-0.2, -0.15) is 0 Å². The third-order valence-electron chi connectivity index (χ3n) is 1.20. The summed E-state index contributed by atoms with van der Waals surface area (Å²) in [6, 6.07) is 0. The van der Waals surface area contributed by atoms with Gasteiger partial charge in [0.2, 0.25) is 0 Å².